The summed E-state index contributed by atoms with van der Waals surface area (Å²) < 4.78 is 0. The van der Waals surface area contributed by atoms with Crippen molar-refractivity contribution in [3.8, 4) is 0 Å². The molecule has 0 radical (unpaired) electrons. The van der Waals surface area contributed by atoms with E-state index in [0.29, 0.717) is 33.4 Å². The maximum absolute atomic E-state index is 6.17. The molecule has 0 unspecified atom stereocenters. The lowest BCUT2D eigenvalue weighted by molar-refractivity contribution is 0.750. The Kier molecular flexibility index (Phi) is 4.55. The van der Waals surface area contributed by atoms with E-state index in [1.54, 1.807) is 12.1 Å². The first kappa shape index (κ1) is 15.2. The van der Waals surface area contributed by atoms with Crippen LogP contribution in [0.5, 0.6) is 0 Å². The number of halogens is 2. The minimum atomic E-state index is 0.440. The quantitative estimate of drug-likeness (QED) is 0.767. The Morgan fingerprint density at radius 1 is 1.05 bits per heavy atom. The number of nitrogens with one attached hydrogen (secondary N) is 2. The van der Waals surface area contributed by atoms with Crippen molar-refractivity contribution in [3.63, 3.8) is 0 Å². The topological polar surface area (TPSA) is 75.9 Å². The molecule has 1 fully saturated rings. The third kappa shape index (κ3) is 3.36. The fourth-order valence-corrected chi connectivity index (χ4v) is 2.88. The zero-order valence-electron chi connectivity index (χ0n) is 11.9. The Morgan fingerprint density at radius 2 is 1.77 bits per heavy atom. The van der Waals surface area contributed by atoms with Gasteiger partial charge in [-0.25, -0.2) is 9.97 Å². The van der Waals surface area contributed by atoms with E-state index in [0.717, 1.165) is 18.5 Å². The molecule has 0 amide bonds. The summed E-state index contributed by atoms with van der Waals surface area (Å²) in [6.07, 6.45) is 6.29. The predicted molar refractivity (Wildman–Crippen MR) is 92.1 cm³/mol. The summed E-state index contributed by atoms with van der Waals surface area (Å²) in [4.78, 5) is 8.44. The van der Waals surface area contributed by atoms with E-state index in [9.17, 15) is 0 Å². The van der Waals surface area contributed by atoms with Gasteiger partial charge in [0.05, 0.1) is 10.0 Å². The number of anilines is 4. The first-order valence-corrected chi connectivity index (χ1v) is 7.98. The molecule has 1 aromatic carbocycles. The van der Waals surface area contributed by atoms with Gasteiger partial charge in [-0.3, -0.25) is 0 Å². The second kappa shape index (κ2) is 6.58. The molecule has 1 aliphatic carbocycles. The fraction of sp³-hybridized carbons (Fsp3) is 0.333. The molecule has 5 nitrogen and oxygen atoms in total. The molecule has 1 heterocycles. The number of hydrogen-bond donors (Lipinski definition) is 3. The summed E-state index contributed by atoms with van der Waals surface area (Å²) in [5, 5.41) is 7.52. The molecule has 7 heteroatoms. The Balaban J connectivity index is 1.79. The number of nitrogen functional groups attached to an aromatic ring is 1. The molecule has 0 aliphatic heterocycles. The van der Waals surface area contributed by atoms with Gasteiger partial charge in [0.2, 0.25) is 0 Å². The molecular formula is C15H17Cl2N5. The van der Waals surface area contributed by atoms with Gasteiger partial charge in [0.15, 0.2) is 11.6 Å². The van der Waals surface area contributed by atoms with Crippen molar-refractivity contribution in [2.24, 2.45) is 0 Å². The smallest absolute Gasteiger partial charge is 0.159 e. The number of nitrogens with two attached hydrogens (primary N) is 1. The van der Waals surface area contributed by atoms with E-state index in [2.05, 4.69) is 20.6 Å². The van der Waals surface area contributed by atoms with Crippen molar-refractivity contribution in [3.05, 3.63) is 34.6 Å². The van der Waals surface area contributed by atoms with Crippen LogP contribution in [0.3, 0.4) is 0 Å². The van der Waals surface area contributed by atoms with Crippen molar-refractivity contribution in [1.82, 2.24) is 9.97 Å². The molecule has 1 aliphatic rings. The van der Waals surface area contributed by atoms with E-state index in [1.165, 1.54) is 19.2 Å². The second-order valence-electron chi connectivity index (χ2n) is 5.36. The number of hydrogen-bond acceptors (Lipinski definition) is 5. The Hall–Kier alpha value is -1.72. The SMILES string of the molecule is Nc1c(Nc2ccc(Cl)c(Cl)c2)ncnc1NC1CCCC1. The van der Waals surface area contributed by atoms with Crippen LogP contribution in [-0.4, -0.2) is 16.0 Å². The molecule has 0 bridgehead atoms. The molecule has 0 atom stereocenters. The van der Waals surface area contributed by atoms with Crippen LogP contribution in [0.1, 0.15) is 25.7 Å². The molecule has 3 rings (SSSR count). The van der Waals surface area contributed by atoms with Crippen LogP contribution in [-0.2, 0) is 0 Å². The van der Waals surface area contributed by atoms with E-state index in [4.69, 9.17) is 28.9 Å². The van der Waals surface area contributed by atoms with E-state index >= 15 is 0 Å². The van der Waals surface area contributed by atoms with Gasteiger partial charge in [0.25, 0.3) is 0 Å². The minimum absolute atomic E-state index is 0.440. The van der Waals surface area contributed by atoms with Crippen LogP contribution >= 0.6 is 23.2 Å². The third-order valence-corrected chi connectivity index (χ3v) is 4.50. The lowest BCUT2D eigenvalue weighted by Gasteiger charge is -2.16. The summed E-state index contributed by atoms with van der Waals surface area (Å²) in [5.41, 5.74) is 7.44. The number of nitrogens with zero attached hydrogens (tertiary/aromatic N) is 2. The van der Waals surface area contributed by atoms with Gasteiger partial charge in [-0.15, -0.1) is 0 Å². The van der Waals surface area contributed by atoms with Gasteiger partial charge < -0.3 is 16.4 Å². The molecule has 0 spiro atoms. The molecule has 2 aromatic rings. The van der Waals surface area contributed by atoms with E-state index in [1.807, 2.05) is 6.07 Å². The Bertz CT molecular complexity index is 671. The monoisotopic (exact) mass is 337 g/mol. The van der Waals surface area contributed by atoms with Crippen molar-refractivity contribution in [2.75, 3.05) is 16.4 Å². The minimum Gasteiger partial charge on any atom is -0.393 e. The first-order chi connectivity index (χ1) is 10.6. The van der Waals surface area contributed by atoms with Crippen molar-refractivity contribution >= 4 is 46.2 Å². The summed E-state index contributed by atoms with van der Waals surface area (Å²) in [7, 11) is 0. The van der Waals surface area contributed by atoms with Gasteiger partial charge in [-0.1, -0.05) is 36.0 Å². The Labute approximate surface area is 139 Å². The van der Waals surface area contributed by atoms with Crippen molar-refractivity contribution in [1.29, 1.82) is 0 Å². The molecule has 1 saturated carbocycles. The number of benzene rings is 1. The summed E-state index contributed by atoms with van der Waals surface area (Å²) in [6, 6.07) is 5.71. The van der Waals surface area contributed by atoms with Gasteiger partial charge in [-0.05, 0) is 31.0 Å². The molecule has 0 saturated heterocycles. The molecule has 1 aromatic heterocycles. The van der Waals surface area contributed by atoms with Gasteiger partial charge in [0, 0.05) is 11.7 Å². The molecule has 116 valence electrons. The normalized spacial score (nSPS) is 15.0. The lowest BCUT2D eigenvalue weighted by Crippen LogP contribution is -2.17. The highest BCUT2D eigenvalue weighted by Crippen LogP contribution is 2.31. The summed E-state index contributed by atoms with van der Waals surface area (Å²) >= 11 is 11.9. The van der Waals surface area contributed by atoms with Crippen molar-refractivity contribution in [2.45, 2.75) is 31.7 Å². The maximum Gasteiger partial charge on any atom is 0.159 e. The summed E-state index contributed by atoms with van der Waals surface area (Å²) in [5.74, 6) is 1.22. The van der Waals surface area contributed by atoms with Crippen LogP contribution in [0.4, 0.5) is 23.0 Å². The molecular weight excluding hydrogens is 321 g/mol. The number of rotatable bonds is 4. The summed E-state index contributed by atoms with van der Waals surface area (Å²) in [6.45, 7) is 0. The average molecular weight is 338 g/mol. The largest absolute Gasteiger partial charge is 0.393 e. The van der Waals surface area contributed by atoms with Crippen LogP contribution in [0, 0.1) is 0 Å². The predicted octanol–water partition coefficient (Wildman–Crippen LogP) is 4.46. The third-order valence-electron chi connectivity index (χ3n) is 3.76. The van der Waals surface area contributed by atoms with Gasteiger partial charge in [0.1, 0.15) is 12.0 Å². The molecule has 22 heavy (non-hydrogen) atoms. The average Bonchev–Trinajstić information content (AvgIpc) is 3.00. The van der Waals surface area contributed by atoms with Crippen LogP contribution < -0.4 is 16.4 Å². The standard InChI is InChI=1S/C15H17Cl2N5/c16-11-6-5-10(7-12(11)17)22-15-13(18)14(19-8-20-15)21-9-3-1-2-4-9/h5-9H,1-4,18H2,(H2,19,20,21,22). The number of aromatic nitrogens is 2. The Morgan fingerprint density at radius 3 is 2.50 bits per heavy atom. The van der Waals surface area contributed by atoms with E-state index < -0.39 is 0 Å². The highest BCUT2D eigenvalue weighted by atomic mass is 35.5. The molecule has 4 N–H and O–H groups in total. The van der Waals surface area contributed by atoms with Gasteiger partial charge in [-0.2, -0.15) is 0 Å². The van der Waals surface area contributed by atoms with Gasteiger partial charge >= 0.3 is 0 Å². The maximum atomic E-state index is 6.17. The van der Waals surface area contributed by atoms with Crippen LogP contribution in [0.2, 0.25) is 10.0 Å². The van der Waals surface area contributed by atoms with Crippen molar-refractivity contribution < 1.29 is 0 Å². The van der Waals surface area contributed by atoms with Crippen LogP contribution in [0.15, 0.2) is 24.5 Å². The lowest BCUT2D eigenvalue weighted by atomic mass is 10.2. The van der Waals surface area contributed by atoms with E-state index in [-0.39, 0.29) is 0 Å². The first-order valence-electron chi connectivity index (χ1n) is 7.22. The zero-order chi connectivity index (χ0) is 15.5. The highest BCUT2D eigenvalue weighted by Gasteiger charge is 2.17. The van der Waals surface area contributed by atoms with Crippen LogP contribution in [0.25, 0.3) is 0 Å². The zero-order valence-corrected chi connectivity index (χ0v) is 13.5. The fourth-order valence-electron chi connectivity index (χ4n) is 2.58. The second-order valence-corrected chi connectivity index (χ2v) is 6.18. The highest BCUT2D eigenvalue weighted by molar-refractivity contribution is 6.42.